The molecule has 36 heavy (non-hydrogen) atoms. The zero-order valence-electron chi connectivity index (χ0n) is 20.9. The fraction of sp³-hybridized carbons (Fsp3) is 0.214. The molecule has 3 rings (SSSR count). The van der Waals surface area contributed by atoms with Crippen LogP contribution in [0.3, 0.4) is 0 Å². The lowest BCUT2D eigenvalue weighted by molar-refractivity contribution is -0.118. The van der Waals surface area contributed by atoms with Crippen LogP contribution in [0.4, 0.5) is 5.69 Å². The first-order valence-corrected chi connectivity index (χ1v) is 11.1. The van der Waals surface area contributed by atoms with Crippen molar-refractivity contribution in [2.45, 2.75) is 6.92 Å². The standard InChI is InChI=1S/C28H29NO7/c1-18-8-6-7-9-21(18)29-27(31)17-36-24-14-19(11-13-23(24)32-2)10-12-22(30)20-15-25(33-3)28(35-5)26(16-20)34-4/h6-16H,17H2,1-5H3,(H,29,31)/b12-10+. The Bertz CT molecular complexity index is 1240. The van der Waals surface area contributed by atoms with Gasteiger partial charge in [-0.1, -0.05) is 30.3 Å². The fourth-order valence-corrected chi connectivity index (χ4v) is 3.44. The summed E-state index contributed by atoms with van der Waals surface area (Å²) in [7, 11) is 5.99. The molecule has 1 N–H and O–H groups in total. The van der Waals surface area contributed by atoms with Crippen LogP contribution in [0, 0.1) is 6.92 Å². The number of aryl methyl sites for hydroxylation is 1. The monoisotopic (exact) mass is 491 g/mol. The lowest BCUT2D eigenvalue weighted by Crippen LogP contribution is -2.20. The number of carbonyl (C=O) groups is 2. The average molecular weight is 492 g/mol. The molecule has 3 aromatic carbocycles. The molecule has 3 aromatic rings. The molecule has 0 unspecified atom stereocenters. The Hall–Kier alpha value is -4.46. The number of allylic oxidation sites excluding steroid dienone is 1. The van der Waals surface area contributed by atoms with Gasteiger partial charge in [-0.15, -0.1) is 0 Å². The zero-order valence-corrected chi connectivity index (χ0v) is 20.9. The van der Waals surface area contributed by atoms with Crippen LogP contribution in [0.15, 0.2) is 60.7 Å². The van der Waals surface area contributed by atoms with Crippen molar-refractivity contribution in [2.24, 2.45) is 0 Å². The van der Waals surface area contributed by atoms with E-state index in [-0.39, 0.29) is 18.3 Å². The van der Waals surface area contributed by atoms with Gasteiger partial charge in [0.1, 0.15) is 0 Å². The molecular weight excluding hydrogens is 462 g/mol. The SMILES string of the molecule is COc1ccc(/C=C/C(=O)c2cc(OC)c(OC)c(OC)c2)cc1OCC(=O)Nc1ccccc1C. The molecule has 0 saturated heterocycles. The molecule has 188 valence electrons. The molecule has 0 fully saturated rings. The molecular formula is C28H29NO7. The van der Waals surface area contributed by atoms with Crippen LogP contribution in [-0.4, -0.2) is 46.7 Å². The zero-order chi connectivity index (χ0) is 26.1. The highest BCUT2D eigenvalue weighted by Gasteiger charge is 2.16. The van der Waals surface area contributed by atoms with E-state index in [1.807, 2.05) is 31.2 Å². The maximum atomic E-state index is 12.8. The van der Waals surface area contributed by atoms with Gasteiger partial charge < -0.3 is 29.0 Å². The topological polar surface area (TPSA) is 92.3 Å². The quantitative estimate of drug-likeness (QED) is 0.300. The number of benzene rings is 3. The molecule has 0 atom stereocenters. The van der Waals surface area contributed by atoms with Crippen molar-refractivity contribution in [2.75, 3.05) is 40.4 Å². The van der Waals surface area contributed by atoms with E-state index in [0.29, 0.717) is 39.9 Å². The van der Waals surface area contributed by atoms with E-state index < -0.39 is 0 Å². The largest absolute Gasteiger partial charge is 0.493 e. The van der Waals surface area contributed by atoms with Crippen LogP contribution in [0.5, 0.6) is 28.7 Å². The van der Waals surface area contributed by atoms with Crippen molar-refractivity contribution in [3.8, 4) is 28.7 Å². The summed E-state index contributed by atoms with van der Waals surface area (Å²) in [4.78, 5) is 25.2. The molecule has 0 aliphatic carbocycles. The molecule has 0 aliphatic rings. The lowest BCUT2D eigenvalue weighted by Gasteiger charge is -2.13. The molecule has 1 amide bonds. The summed E-state index contributed by atoms with van der Waals surface area (Å²) >= 11 is 0. The summed E-state index contributed by atoms with van der Waals surface area (Å²) in [6, 6.07) is 15.8. The molecule has 0 aliphatic heterocycles. The van der Waals surface area contributed by atoms with Crippen LogP contribution >= 0.6 is 0 Å². The van der Waals surface area contributed by atoms with Gasteiger partial charge in [0.05, 0.1) is 28.4 Å². The maximum absolute atomic E-state index is 12.8. The Kier molecular flexibility index (Phi) is 8.94. The summed E-state index contributed by atoms with van der Waals surface area (Å²) < 4.78 is 27.0. The minimum atomic E-state index is -0.301. The van der Waals surface area contributed by atoms with Gasteiger partial charge >= 0.3 is 0 Å². The van der Waals surface area contributed by atoms with Gasteiger partial charge in [-0.2, -0.15) is 0 Å². The van der Waals surface area contributed by atoms with Crippen LogP contribution in [0.25, 0.3) is 6.08 Å². The van der Waals surface area contributed by atoms with E-state index in [0.717, 1.165) is 11.3 Å². The number of hydrogen-bond acceptors (Lipinski definition) is 7. The molecule has 0 heterocycles. The predicted molar refractivity (Wildman–Crippen MR) is 138 cm³/mol. The average Bonchev–Trinajstić information content (AvgIpc) is 2.90. The van der Waals surface area contributed by atoms with Crippen molar-refractivity contribution >= 4 is 23.5 Å². The number of ketones is 1. The van der Waals surface area contributed by atoms with E-state index >= 15 is 0 Å². The minimum absolute atomic E-state index is 0.206. The third-order valence-electron chi connectivity index (χ3n) is 5.34. The van der Waals surface area contributed by atoms with Crippen molar-refractivity contribution in [3.05, 3.63) is 77.4 Å². The van der Waals surface area contributed by atoms with Crippen molar-refractivity contribution < 1.29 is 33.3 Å². The normalized spacial score (nSPS) is 10.6. The number of anilines is 1. The summed E-state index contributed by atoms with van der Waals surface area (Å²) in [6.45, 7) is 1.71. The van der Waals surface area contributed by atoms with E-state index in [1.165, 1.54) is 34.5 Å². The van der Waals surface area contributed by atoms with Crippen molar-refractivity contribution in [1.82, 2.24) is 0 Å². The minimum Gasteiger partial charge on any atom is -0.493 e. The Labute approximate surface area is 210 Å². The Morgan fingerprint density at radius 2 is 1.47 bits per heavy atom. The third-order valence-corrected chi connectivity index (χ3v) is 5.34. The van der Waals surface area contributed by atoms with Gasteiger partial charge in [0.25, 0.3) is 5.91 Å². The molecule has 0 bridgehead atoms. The second-order valence-electron chi connectivity index (χ2n) is 7.67. The number of hydrogen-bond donors (Lipinski definition) is 1. The molecule has 8 nitrogen and oxygen atoms in total. The smallest absolute Gasteiger partial charge is 0.262 e. The first-order chi connectivity index (χ1) is 17.4. The number of ether oxygens (including phenoxy) is 5. The van der Waals surface area contributed by atoms with Crippen LogP contribution < -0.4 is 29.0 Å². The van der Waals surface area contributed by atoms with Gasteiger partial charge in [0.2, 0.25) is 5.75 Å². The van der Waals surface area contributed by atoms with E-state index in [4.69, 9.17) is 23.7 Å². The van der Waals surface area contributed by atoms with Gasteiger partial charge in [-0.05, 0) is 54.5 Å². The van der Waals surface area contributed by atoms with Crippen LogP contribution in [0.2, 0.25) is 0 Å². The second kappa shape index (κ2) is 12.3. The maximum Gasteiger partial charge on any atom is 0.262 e. The summed E-state index contributed by atoms with van der Waals surface area (Å²) in [5, 5.41) is 2.82. The lowest BCUT2D eigenvalue weighted by atomic mass is 10.1. The number of methoxy groups -OCH3 is 4. The van der Waals surface area contributed by atoms with Crippen LogP contribution in [-0.2, 0) is 4.79 Å². The highest BCUT2D eigenvalue weighted by molar-refractivity contribution is 6.07. The van der Waals surface area contributed by atoms with Crippen LogP contribution in [0.1, 0.15) is 21.5 Å². The van der Waals surface area contributed by atoms with Crippen molar-refractivity contribution in [1.29, 1.82) is 0 Å². The molecule has 0 saturated carbocycles. The highest BCUT2D eigenvalue weighted by Crippen LogP contribution is 2.38. The first-order valence-electron chi connectivity index (χ1n) is 11.1. The van der Waals surface area contributed by atoms with E-state index in [1.54, 1.807) is 36.4 Å². The second-order valence-corrected chi connectivity index (χ2v) is 7.67. The summed E-state index contributed by atoms with van der Waals surface area (Å²) in [5.74, 6) is 1.46. The van der Waals surface area contributed by atoms with Gasteiger partial charge in [0, 0.05) is 11.3 Å². The van der Waals surface area contributed by atoms with Gasteiger partial charge in [-0.3, -0.25) is 9.59 Å². The number of nitrogens with one attached hydrogen (secondary N) is 1. The fourth-order valence-electron chi connectivity index (χ4n) is 3.44. The first kappa shape index (κ1) is 26.2. The Balaban J connectivity index is 1.74. The number of para-hydroxylation sites is 1. The number of amides is 1. The molecule has 0 radical (unpaired) electrons. The highest BCUT2D eigenvalue weighted by atomic mass is 16.5. The molecule has 0 aromatic heterocycles. The summed E-state index contributed by atoms with van der Waals surface area (Å²) in [5.41, 5.74) is 2.73. The Morgan fingerprint density at radius 3 is 2.08 bits per heavy atom. The van der Waals surface area contributed by atoms with Gasteiger partial charge in [-0.25, -0.2) is 0 Å². The number of rotatable bonds is 11. The van der Waals surface area contributed by atoms with Crippen molar-refractivity contribution in [3.63, 3.8) is 0 Å². The third kappa shape index (κ3) is 6.35. The number of carbonyl (C=O) groups excluding carboxylic acids is 2. The summed E-state index contributed by atoms with van der Waals surface area (Å²) in [6.07, 6.45) is 3.07. The predicted octanol–water partition coefficient (Wildman–Crippen LogP) is 4.94. The van der Waals surface area contributed by atoms with E-state index in [2.05, 4.69) is 5.32 Å². The van der Waals surface area contributed by atoms with E-state index in [9.17, 15) is 9.59 Å². The molecule has 8 heteroatoms. The van der Waals surface area contributed by atoms with Gasteiger partial charge in [0.15, 0.2) is 35.4 Å². The Morgan fingerprint density at radius 1 is 0.806 bits per heavy atom. The molecule has 0 spiro atoms.